The lowest BCUT2D eigenvalue weighted by atomic mass is 10.1. The number of methoxy groups -OCH3 is 1. The Kier molecular flexibility index (Phi) is 7.94. The first-order valence-corrected chi connectivity index (χ1v) is 12.9. The Morgan fingerprint density at radius 3 is 2.13 bits per heavy atom. The Morgan fingerprint density at radius 1 is 0.821 bits per heavy atom. The molecule has 0 aliphatic rings. The molecule has 196 valence electrons. The van der Waals surface area contributed by atoms with E-state index < -0.39 is 0 Å². The van der Waals surface area contributed by atoms with Gasteiger partial charge >= 0.3 is 0 Å². The molecule has 0 spiro atoms. The van der Waals surface area contributed by atoms with E-state index in [1.165, 1.54) is 0 Å². The lowest BCUT2D eigenvalue weighted by Gasteiger charge is -2.24. The van der Waals surface area contributed by atoms with Crippen LogP contribution >= 0.6 is 11.6 Å². The molecule has 39 heavy (non-hydrogen) atoms. The minimum Gasteiger partial charge on any atom is -0.493 e. The second kappa shape index (κ2) is 11.9. The van der Waals surface area contributed by atoms with Crippen molar-refractivity contribution >= 4 is 17.5 Å². The molecule has 4 aromatic carbocycles. The zero-order valence-corrected chi connectivity index (χ0v) is 22.5. The summed E-state index contributed by atoms with van der Waals surface area (Å²) in [5, 5.41) is 5.23. The molecule has 1 aromatic heterocycles. The highest BCUT2D eigenvalue weighted by molar-refractivity contribution is 6.33. The number of aryl methyl sites for hydroxylation is 1. The molecule has 0 radical (unpaired) electrons. The molecule has 0 unspecified atom stereocenters. The van der Waals surface area contributed by atoms with Crippen molar-refractivity contribution in [3.63, 3.8) is 0 Å². The summed E-state index contributed by atoms with van der Waals surface area (Å²) in [6.07, 6.45) is 0. The van der Waals surface area contributed by atoms with Crippen LogP contribution in [0.15, 0.2) is 109 Å². The van der Waals surface area contributed by atoms with Crippen molar-refractivity contribution in [2.24, 2.45) is 7.05 Å². The fraction of sp³-hybridized carbons (Fsp3) is 0.125. The van der Waals surface area contributed by atoms with Crippen LogP contribution in [0.2, 0.25) is 5.02 Å². The summed E-state index contributed by atoms with van der Waals surface area (Å²) in [6, 6.07) is 34.3. The first-order valence-electron chi connectivity index (χ1n) is 12.5. The molecule has 6 nitrogen and oxygen atoms in total. The van der Waals surface area contributed by atoms with Crippen LogP contribution in [-0.2, 0) is 20.1 Å². The lowest BCUT2D eigenvalue weighted by molar-refractivity contribution is 0.0729. The van der Waals surface area contributed by atoms with Gasteiger partial charge in [-0.25, -0.2) is 4.68 Å². The van der Waals surface area contributed by atoms with Crippen LogP contribution in [0.1, 0.15) is 21.5 Å². The quantitative estimate of drug-likeness (QED) is 0.197. The topological polar surface area (TPSA) is 56.6 Å². The van der Waals surface area contributed by atoms with Crippen molar-refractivity contribution in [2.75, 3.05) is 7.11 Å². The third kappa shape index (κ3) is 5.81. The number of nitrogens with zero attached hydrogens (tertiary/aromatic N) is 3. The fourth-order valence-electron chi connectivity index (χ4n) is 4.46. The smallest absolute Gasteiger partial charge is 0.255 e. The number of ether oxygens (including phenoxy) is 2. The molecule has 0 bridgehead atoms. The maximum Gasteiger partial charge on any atom is 0.255 e. The van der Waals surface area contributed by atoms with Gasteiger partial charge in [-0.15, -0.1) is 0 Å². The summed E-state index contributed by atoms with van der Waals surface area (Å²) in [5.41, 5.74) is 3.85. The van der Waals surface area contributed by atoms with Crippen molar-refractivity contribution in [1.82, 2.24) is 14.7 Å². The van der Waals surface area contributed by atoms with Gasteiger partial charge in [0.15, 0.2) is 11.5 Å². The van der Waals surface area contributed by atoms with E-state index in [0.717, 1.165) is 22.4 Å². The molecule has 1 heterocycles. The molecule has 0 atom stereocenters. The van der Waals surface area contributed by atoms with Gasteiger partial charge in [0.1, 0.15) is 5.69 Å². The number of halogens is 1. The third-order valence-corrected chi connectivity index (χ3v) is 6.70. The van der Waals surface area contributed by atoms with Crippen molar-refractivity contribution in [1.29, 1.82) is 0 Å². The van der Waals surface area contributed by atoms with Crippen LogP contribution in [-0.4, -0.2) is 27.7 Å². The molecule has 0 fully saturated rings. The van der Waals surface area contributed by atoms with Crippen molar-refractivity contribution < 1.29 is 14.3 Å². The summed E-state index contributed by atoms with van der Waals surface area (Å²) >= 11 is 6.47. The highest BCUT2D eigenvalue weighted by Gasteiger charge is 2.26. The molecule has 5 aromatic rings. The molecule has 0 saturated heterocycles. The van der Waals surface area contributed by atoms with Gasteiger partial charge in [0.25, 0.3) is 5.91 Å². The summed E-state index contributed by atoms with van der Waals surface area (Å²) in [6.45, 7) is 0.615. The SMILES string of the molecule is COc1ccccc1Oc1c(CN(Cc2ccccc2)C(=O)c2ccccc2Cl)c(-c2ccccc2)nn1C. The van der Waals surface area contributed by atoms with Gasteiger partial charge < -0.3 is 14.4 Å². The van der Waals surface area contributed by atoms with E-state index >= 15 is 0 Å². The minimum absolute atomic E-state index is 0.185. The average Bonchev–Trinajstić information content (AvgIpc) is 3.28. The van der Waals surface area contributed by atoms with Crippen LogP contribution in [0.25, 0.3) is 11.3 Å². The van der Waals surface area contributed by atoms with Crippen LogP contribution in [0.4, 0.5) is 0 Å². The molecule has 1 amide bonds. The highest BCUT2D eigenvalue weighted by Crippen LogP contribution is 2.37. The van der Waals surface area contributed by atoms with Crippen LogP contribution in [0.5, 0.6) is 17.4 Å². The molecular formula is C32H28ClN3O3. The Bertz CT molecular complexity index is 1570. The predicted octanol–water partition coefficient (Wildman–Crippen LogP) is 7.38. The lowest BCUT2D eigenvalue weighted by Crippen LogP contribution is -2.30. The first-order chi connectivity index (χ1) is 19.0. The zero-order valence-electron chi connectivity index (χ0n) is 21.8. The summed E-state index contributed by atoms with van der Waals surface area (Å²) in [5.74, 6) is 1.48. The first kappa shape index (κ1) is 26.1. The van der Waals surface area contributed by atoms with Gasteiger partial charge in [-0.2, -0.15) is 5.10 Å². The number of carbonyl (C=O) groups excluding carboxylic acids is 1. The number of hydrogen-bond donors (Lipinski definition) is 0. The largest absolute Gasteiger partial charge is 0.493 e. The second-order valence-corrected chi connectivity index (χ2v) is 9.41. The molecular weight excluding hydrogens is 510 g/mol. The molecule has 0 N–H and O–H groups in total. The van der Waals surface area contributed by atoms with Crippen LogP contribution < -0.4 is 9.47 Å². The molecule has 7 heteroatoms. The monoisotopic (exact) mass is 537 g/mol. The van der Waals surface area contributed by atoms with E-state index in [1.54, 1.807) is 28.8 Å². The van der Waals surface area contributed by atoms with Crippen LogP contribution in [0, 0.1) is 0 Å². The molecule has 0 saturated carbocycles. The number of para-hydroxylation sites is 2. The average molecular weight is 538 g/mol. The molecule has 0 aliphatic heterocycles. The fourth-order valence-corrected chi connectivity index (χ4v) is 4.67. The van der Waals surface area contributed by atoms with E-state index in [9.17, 15) is 4.79 Å². The maximum absolute atomic E-state index is 14.0. The van der Waals surface area contributed by atoms with Crippen molar-refractivity contribution in [2.45, 2.75) is 13.1 Å². The maximum atomic E-state index is 14.0. The number of rotatable bonds is 9. The second-order valence-electron chi connectivity index (χ2n) is 9.00. The van der Waals surface area contributed by atoms with E-state index in [0.29, 0.717) is 34.5 Å². The Morgan fingerprint density at radius 2 is 1.44 bits per heavy atom. The standard InChI is InChI=1S/C32H28ClN3O3/c1-35-32(39-29-20-12-11-19-28(29)38-2)26(30(34-35)24-15-7-4-8-16-24)22-36(21-23-13-5-3-6-14-23)31(37)25-17-9-10-18-27(25)33/h3-20H,21-22H2,1-2H3. The van der Waals surface area contributed by atoms with Gasteiger partial charge in [-0.05, 0) is 29.8 Å². The van der Waals surface area contributed by atoms with Gasteiger partial charge in [0.05, 0.1) is 29.8 Å². The van der Waals surface area contributed by atoms with Crippen LogP contribution in [0.3, 0.4) is 0 Å². The van der Waals surface area contributed by atoms with Gasteiger partial charge in [0, 0.05) is 19.2 Å². The van der Waals surface area contributed by atoms with Crippen molar-refractivity contribution in [3.05, 3.63) is 131 Å². The zero-order chi connectivity index (χ0) is 27.2. The van der Waals surface area contributed by atoms with Gasteiger partial charge in [-0.1, -0.05) is 96.5 Å². The van der Waals surface area contributed by atoms with Gasteiger partial charge in [-0.3, -0.25) is 4.79 Å². The Hall–Kier alpha value is -4.55. The number of hydrogen-bond acceptors (Lipinski definition) is 4. The van der Waals surface area contributed by atoms with E-state index in [4.69, 9.17) is 26.2 Å². The Balaban J connectivity index is 1.62. The van der Waals surface area contributed by atoms with E-state index in [2.05, 4.69) is 0 Å². The van der Waals surface area contributed by atoms with E-state index in [-0.39, 0.29) is 12.5 Å². The predicted molar refractivity (Wildman–Crippen MR) is 153 cm³/mol. The Labute approximate surface area is 233 Å². The summed E-state index contributed by atoms with van der Waals surface area (Å²) < 4.78 is 13.7. The number of carbonyl (C=O) groups is 1. The minimum atomic E-state index is -0.185. The normalized spacial score (nSPS) is 10.7. The summed E-state index contributed by atoms with van der Waals surface area (Å²) in [7, 11) is 3.43. The third-order valence-electron chi connectivity index (χ3n) is 6.37. The number of amides is 1. The molecule has 5 rings (SSSR count). The van der Waals surface area contributed by atoms with Crippen molar-refractivity contribution in [3.8, 4) is 28.6 Å². The highest BCUT2D eigenvalue weighted by atomic mass is 35.5. The number of benzene rings is 4. The van der Waals surface area contributed by atoms with E-state index in [1.807, 2.05) is 104 Å². The summed E-state index contributed by atoms with van der Waals surface area (Å²) in [4.78, 5) is 15.7. The number of aromatic nitrogens is 2. The molecule has 0 aliphatic carbocycles. The van der Waals surface area contributed by atoms with Gasteiger partial charge in [0.2, 0.25) is 5.88 Å².